The number of hydrogen-bond acceptors (Lipinski definition) is 4. The van der Waals surface area contributed by atoms with E-state index in [4.69, 9.17) is 4.74 Å². The van der Waals surface area contributed by atoms with Gasteiger partial charge in [0.15, 0.2) is 0 Å². The van der Waals surface area contributed by atoms with Crippen LogP contribution in [0, 0.1) is 9.39 Å². The Morgan fingerprint density at radius 1 is 1.09 bits per heavy atom. The zero-order valence-corrected chi connectivity index (χ0v) is 22.2. The number of carbonyl (C=O) groups excluding carboxylic acids is 3. The van der Waals surface area contributed by atoms with Crippen LogP contribution in [0.5, 0.6) is 5.75 Å². The number of halogens is 3. The number of carbonyl (C=O) groups is 3. The van der Waals surface area contributed by atoms with E-state index in [2.05, 4.69) is 43.8 Å². The Labute approximate surface area is 223 Å². The van der Waals surface area contributed by atoms with E-state index in [0.29, 0.717) is 30.0 Å². The molecule has 4 rings (SSSR count). The third-order valence-corrected chi connectivity index (χ3v) is 6.74. The summed E-state index contributed by atoms with van der Waals surface area (Å²) in [6.45, 7) is 2.25. The van der Waals surface area contributed by atoms with Gasteiger partial charge in [-0.1, -0.05) is 28.1 Å². The molecule has 35 heavy (non-hydrogen) atoms. The van der Waals surface area contributed by atoms with Crippen LogP contribution in [0.3, 0.4) is 0 Å². The first-order valence-corrected chi connectivity index (χ1v) is 12.5. The van der Waals surface area contributed by atoms with Crippen molar-refractivity contribution < 1.29 is 23.5 Å². The van der Waals surface area contributed by atoms with Crippen LogP contribution < -0.4 is 15.0 Å². The summed E-state index contributed by atoms with van der Waals surface area (Å²) in [6, 6.07) is 15.7. The van der Waals surface area contributed by atoms with Crippen LogP contribution >= 0.6 is 38.5 Å². The SMILES string of the molecule is CCOc1cc(/C=C2\C(=O)NC(=O)N(c3ccc(Br)cc3)C2=O)cc(I)c1Cc1cccc(F)c1. The molecule has 1 fully saturated rings. The third kappa shape index (κ3) is 5.62. The molecule has 0 bridgehead atoms. The number of barbiturate groups is 1. The summed E-state index contributed by atoms with van der Waals surface area (Å²) in [5.74, 6) is -1.24. The summed E-state index contributed by atoms with van der Waals surface area (Å²) in [5, 5.41) is 2.23. The minimum absolute atomic E-state index is 0.177. The molecule has 1 aliphatic heterocycles. The molecule has 178 valence electrons. The molecule has 0 atom stereocenters. The molecule has 4 amide bonds. The number of imide groups is 2. The molecule has 1 saturated heterocycles. The normalized spacial score (nSPS) is 14.9. The second kappa shape index (κ2) is 10.7. The Morgan fingerprint density at radius 2 is 1.83 bits per heavy atom. The molecule has 0 spiro atoms. The summed E-state index contributed by atoms with van der Waals surface area (Å²) in [5.41, 5.74) is 2.38. The van der Waals surface area contributed by atoms with E-state index in [1.807, 2.05) is 19.1 Å². The Hall–Kier alpha value is -3.05. The molecule has 3 aromatic rings. The molecule has 1 heterocycles. The van der Waals surface area contributed by atoms with E-state index in [-0.39, 0.29) is 11.4 Å². The van der Waals surface area contributed by atoms with Crippen LogP contribution in [0.2, 0.25) is 0 Å². The van der Waals surface area contributed by atoms with Gasteiger partial charge in [-0.05, 0) is 95.2 Å². The van der Waals surface area contributed by atoms with Crippen LogP contribution in [-0.4, -0.2) is 24.5 Å². The molecule has 1 aliphatic rings. The fraction of sp³-hybridized carbons (Fsp3) is 0.115. The molecule has 0 unspecified atom stereocenters. The van der Waals surface area contributed by atoms with Crippen LogP contribution in [0.25, 0.3) is 6.08 Å². The summed E-state index contributed by atoms with van der Waals surface area (Å²) >= 11 is 5.47. The minimum atomic E-state index is -0.811. The molecule has 9 heteroatoms. The van der Waals surface area contributed by atoms with Crippen molar-refractivity contribution in [1.29, 1.82) is 0 Å². The van der Waals surface area contributed by atoms with Gasteiger partial charge >= 0.3 is 6.03 Å². The van der Waals surface area contributed by atoms with Crippen molar-refractivity contribution in [2.45, 2.75) is 13.3 Å². The Bertz CT molecular complexity index is 1360. The quantitative estimate of drug-likeness (QED) is 0.207. The van der Waals surface area contributed by atoms with Crippen LogP contribution in [0.4, 0.5) is 14.9 Å². The first kappa shape index (κ1) is 25.1. The fourth-order valence-corrected chi connectivity index (χ4v) is 4.75. The number of ether oxygens (including phenoxy) is 1. The van der Waals surface area contributed by atoms with Gasteiger partial charge in [-0.2, -0.15) is 0 Å². The second-order valence-corrected chi connectivity index (χ2v) is 9.73. The highest BCUT2D eigenvalue weighted by molar-refractivity contribution is 14.1. The van der Waals surface area contributed by atoms with Crippen molar-refractivity contribution in [1.82, 2.24) is 5.32 Å². The second-order valence-electron chi connectivity index (χ2n) is 7.65. The number of anilines is 1. The Morgan fingerprint density at radius 3 is 2.51 bits per heavy atom. The highest BCUT2D eigenvalue weighted by Gasteiger charge is 2.36. The van der Waals surface area contributed by atoms with Crippen molar-refractivity contribution in [3.63, 3.8) is 0 Å². The van der Waals surface area contributed by atoms with Crippen LogP contribution in [0.1, 0.15) is 23.6 Å². The first-order chi connectivity index (χ1) is 16.8. The van der Waals surface area contributed by atoms with Gasteiger partial charge in [-0.25, -0.2) is 14.1 Å². The number of nitrogens with zero attached hydrogens (tertiary/aromatic N) is 1. The van der Waals surface area contributed by atoms with E-state index in [1.54, 1.807) is 36.4 Å². The summed E-state index contributed by atoms with van der Waals surface area (Å²) in [6.07, 6.45) is 1.89. The average Bonchev–Trinajstić information content (AvgIpc) is 2.80. The predicted molar refractivity (Wildman–Crippen MR) is 143 cm³/mol. The number of urea groups is 1. The lowest BCUT2D eigenvalue weighted by atomic mass is 10.0. The topological polar surface area (TPSA) is 75.7 Å². The van der Waals surface area contributed by atoms with E-state index >= 15 is 0 Å². The zero-order chi connectivity index (χ0) is 25.1. The minimum Gasteiger partial charge on any atom is -0.494 e. The number of benzene rings is 3. The van der Waals surface area contributed by atoms with E-state index in [9.17, 15) is 18.8 Å². The van der Waals surface area contributed by atoms with Gasteiger partial charge in [0.05, 0.1) is 12.3 Å². The summed E-state index contributed by atoms with van der Waals surface area (Å²) in [4.78, 5) is 39.1. The Balaban J connectivity index is 1.71. The highest BCUT2D eigenvalue weighted by Crippen LogP contribution is 2.31. The zero-order valence-electron chi connectivity index (χ0n) is 18.5. The number of amides is 4. The molecule has 1 N–H and O–H groups in total. The summed E-state index contributed by atoms with van der Waals surface area (Å²) < 4.78 is 21.1. The lowest BCUT2D eigenvalue weighted by Crippen LogP contribution is -2.54. The van der Waals surface area contributed by atoms with Crippen LogP contribution in [-0.2, 0) is 16.0 Å². The smallest absolute Gasteiger partial charge is 0.335 e. The molecule has 0 radical (unpaired) electrons. The molecule has 0 saturated carbocycles. The fourth-order valence-electron chi connectivity index (χ4n) is 3.67. The first-order valence-electron chi connectivity index (χ1n) is 10.6. The number of rotatable bonds is 6. The third-order valence-electron chi connectivity index (χ3n) is 5.24. The van der Waals surface area contributed by atoms with Crippen LogP contribution in [0.15, 0.2) is 70.7 Å². The van der Waals surface area contributed by atoms with E-state index in [0.717, 1.165) is 24.1 Å². The van der Waals surface area contributed by atoms with Gasteiger partial charge in [0.1, 0.15) is 17.1 Å². The van der Waals surface area contributed by atoms with Gasteiger partial charge in [-0.3, -0.25) is 14.9 Å². The van der Waals surface area contributed by atoms with Gasteiger partial charge in [0.25, 0.3) is 11.8 Å². The lowest BCUT2D eigenvalue weighted by molar-refractivity contribution is -0.122. The molecular weight excluding hydrogens is 630 g/mol. The van der Waals surface area contributed by atoms with Crippen molar-refractivity contribution in [3.05, 3.63) is 96.8 Å². The number of hydrogen-bond donors (Lipinski definition) is 1. The maximum Gasteiger partial charge on any atom is 0.335 e. The number of nitrogens with one attached hydrogen (secondary N) is 1. The largest absolute Gasteiger partial charge is 0.494 e. The van der Waals surface area contributed by atoms with Gasteiger partial charge in [0.2, 0.25) is 0 Å². The van der Waals surface area contributed by atoms with E-state index < -0.39 is 17.8 Å². The molecule has 3 aromatic carbocycles. The van der Waals surface area contributed by atoms with Crippen molar-refractivity contribution in [3.8, 4) is 5.75 Å². The maximum absolute atomic E-state index is 13.7. The highest BCUT2D eigenvalue weighted by atomic mass is 127. The van der Waals surface area contributed by atoms with Gasteiger partial charge in [-0.15, -0.1) is 0 Å². The molecule has 0 aliphatic carbocycles. The standard InChI is InChI=1S/C26H19BrFIN2O4/c1-2-35-23-14-16(13-22(29)20(23)11-15-4-3-5-18(28)10-15)12-21-24(32)30-26(34)31(25(21)33)19-8-6-17(27)7-9-19/h3-10,12-14H,2,11H2,1H3,(H,30,32,34)/b21-12+. The van der Waals surface area contributed by atoms with Crippen molar-refractivity contribution in [2.24, 2.45) is 0 Å². The lowest BCUT2D eigenvalue weighted by Gasteiger charge is -2.26. The van der Waals surface area contributed by atoms with Gasteiger partial charge in [0, 0.05) is 20.0 Å². The van der Waals surface area contributed by atoms with E-state index in [1.165, 1.54) is 18.2 Å². The molecular formula is C26H19BrFIN2O4. The van der Waals surface area contributed by atoms with Crippen molar-refractivity contribution in [2.75, 3.05) is 11.5 Å². The maximum atomic E-state index is 13.7. The monoisotopic (exact) mass is 648 g/mol. The molecule has 6 nitrogen and oxygen atoms in total. The van der Waals surface area contributed by atoms with Gasteiger partial charge < -0.3 is 4.74 Å². The van der Waals surface area contributed by atoms with Crippen molar-refractivity contribution >= 4 is 68.1 Å². The molecule has 0 aromatic heterocycles. The average molecular weight is 649 g/mol. The predicted octanol–water partition coefficient (Wildman–Crippen LogP) is 5.85. The summed E-state index contributed by atoms with van der Waals surface area (Å²) in [7, 11) is 0. The Kier molecular flexibility index (Phi) is 7.66.